The first-order valence-corrected chi connectivity index (χ1v) is 5.48. The van der Waals surface area contributed by atoms with Crippen LogP contribution < -0.4 is 5.32 Å². The van der Waals surface area contributed by atoms with Crippen LogP contribution in [-0.2, 0) is 11.3 Å². The quantitative estimate of drug-likeness (QED) is 0.877. The first-order valence-electron chi connectivity index (χ1n) is 5.48. The highest BCUT2D eigenvalue weighted by atomic mass is 16.1. The molecule has 0 atom stereocenters. The van der Waals surface area contributed by atoms with Gasteiger partial charge in [0, 0.05) is 31.0 Å². The number of imidazole rings is 1. The normalized spacial score (nSPS) is 10.2. The Labute approximate surface area is 100 Å². The van der Waals surface area contributed by atoms with Gasteiger partial charge in [-0.3, -0.25) is 4.79 Å². The van der Waals surface area contributed by atoms with Crippen LogP contribution in [0.3, 0.4) is 0 Å². The fourth-order valence-electron chi connectivity index (χ4n) is 1.70. The maximum Gasteiger partial charge on any atom is 0.221 e. The predicted molar refractivity (Wildman–Crippen MR) is 66.8 cm³/mol. The van der Waals surface area contributed by atoms with Crippen LogP contribution in [0, 0.1) is 6.92 Å². The standard InChI is InChI=1S/C13H15N3O/c1-10-7-14-9-16(10)8-12-4-3-5-13(6-12)15-11(2)17/h3-7,9H,8H2,1-2H3,(H,15,17). The number of rotatable bonds is 3. The highest BCUT2D eigenvalue weighted by molar-refractivity contribution is 5.88. The van der Waals surface area contributed by atoms with E-state index in [-0.39, 0.29) is 5.91 Å². The molecule has 4 heteroatoms. The van der Waals surface area contributed by atoms with Gasteiger partial charge in [-0.2, -0.15) is 0 Å². The number of aromatic nitrogens is 2. The zero-order chi connectivity index (χ0) is 12.3. The van der Waals surface area contributed by atoms with Crippen LogP contribution >= 0.6 is 0 Å². The smallest absolute Gasteiger partial charge is 0.221 e. The molecule has 2 aromatic rings. The molecule has 1 aromatic heterocycles. The molecule has 2 rings (SSSR count). The minimum atomic E-state index is -0.0547. The number of hydrogen-bond acceptors (Lipinski definition) is 2. The lowest BCUT2D eigenvalue weighted by Gasteiger charge is -2.07. The molecule has 17 heavy (non-hydrogen) atoms. The number of hydrogen-bond donors (Lipinski definition) is 1. The number of nitrogens with one attached hydrogen (secondary N) is 1. The van der Waals surface area contributed by atoms with Crippen molar-refractivity contribution in [2.75, 3.05) is 5.32 Å². The van der Waals surface area contributed by atoms with Gasteiger partial charge in [0.1, 0.15) is 0 Å². The highest BCUT2D eigenvalue weighted by Crippen LogP contribution is 2.12. The summed E-state index contributed by atoms with van der Waals surface area (Å²) in [6.07, 6.45) is 3.64. The van der Waals surface area contributed by atoms with Gasteiger partial charge in [0.25, 0.3) is 0 Å². The van der Waals surface area contributed by atoms with Gasteiger partial charge in [-0.15, -0.1) is 0 Å². The summed E-state index contributed by atoms with van der Waals surface area (Å²) in [6, 6.07) is 7.82. The molecular weight excluding hydrogens is 214 g/mol. The van der Waals surface area contributed by atoms with Crippen molar-refractivity contribution in [1.82, 2.24) is 9.55 Å². The van der Waals surface area contributed by atoms with E-state index in [0.29, 0.717) is 0 Å². The van der Waals surface area contributed by atoms with E-state index in [9.17, 15) is 4.79 Å². The molecule has 0 fully saturated rings. The molecule has 0 aliphatic rings. The number of carbonyl (C=O) groups is 1. The van der Waals surface area contributed by atoms with Gasteiger partial charge in [-0.25, -0.2) is 4.98 Å². The van der Waals surface area contributed by atoms with E-state index in [4.69, 9.17) is 0 Å². The second-order valence-electron chi connectivity index (χ2n) is 4.04. The van der Waals surface area contributed by atoms with E-state index in [1.807, 2.05) is 37.4 Å². The number of anilines is 1. The van der Waals surface area contributed by atoms with Gasteiger partial charge in [0.2, 0.25) is 5.91 Å². The van der Waals surface area contributed by atoms with Gasteiger partial charge in [0.15, 0.2) is 0 Å². The van der Waals surface area contributed by atoms with E-state index >= 15 is 0 Å². The van der Waals surface area contributed by atoms with Gasteiger partial charge in [-0.1, -0.05) is 12.1 Å². The van der Waals surface area contributed by atoms with Crippen LogP contribution in [0.2, 0.25) is 0 Å². The van der Waals surface area contributed by atoms with E-state index in [1.54, 1.807) is 6.33 Å². The molecule has 0 saturated heterocycles. The molecule has 88 valence electrons. The largest absolute Gasteiger partial charge is 0.330 e. The molecule has 0 saturated carbocycles. The predicted octanol–water partition coefficient (Wildman–Crippen LogP) is 2.20. The molecule has 1 heterocycles. The number of amides is 1. The van der Waals surface area contributed by atoms with Crippen molar-refractivity contribution >= 4 is 11.6 Å². The zero-order valence-electron chi connectivity index (χ0n) is 9.97. The lowest BCUT2D eigenvalue weighted by Crippen LogP contribution is -2.06. The Morgan fingerprint density at radius 2 is 2.29 bits per heavy atom. The Morgan fingerprint density at radius 3 is 2.94 bits per heavy atom. The zero-order valence-corrected chi connectivity index (χ0v) is 9.97. The molecule has 0 aliphatic carbocycles. The van der Waals surface area contributed by atoms with Crippen molar-refractivity contribution in [1.29, 1.82) is 0 Å². The van der Waals surface area contributed by atoms with Crippen LogP contribution in [0.25, 0.3) is 0 Å². The number of aryl methyl sites for hydroxylation is 1. The average molecular weight is 229 g/mol. The Balaban J connectivity index is 2.16. The summed E-state index contributed by atoms with van der Waals surface area (Å²) in [4.78, 5) is 15.1. The van der Waals surface area contributed by atoms with E-state index < -0.39 is 0 Å². The first-order chi connectivity index (χ1) is 8.15. The topological polar surface area (TPSA) is 46.9 Å². The Hall–Kier alpha value is -2.10. The third-order valence-corrected chi connectivity index (χ3v) is 2.52. The van der Waals surface area contributed by atoms with Crippen LogP contribution in [0.15, 0.2) is 36.8 Å². The Bertz CT molecular complexity index is 531. The molecule has 1 N–H and O–H groups in total. The maximum absolute atomic E-state index is 11.0. The molecule has 1 amide bonds. The molecule has 0 spiro atoms. The van der Waals surface area contributed by atoms with Crippen molar-refractivity contribution in [2.24, 2.45) is 0 Å². The summed E-state index contributed by atoms with van der Waals surface area (Å²) in [5, 5.41) is 2.78. The van der Waals surface area contributed by atoms with E-state index in [1.165, 1.54) is 6.92 Å². The summed E-state index contributed by atoms with van der Waals surface area (Å²) in [6.45, 7) is 4.29. The monoisotopic (exact) mass is 229 g/mol. The Morgan fingerprint density at radius 1 is 1.47 bits per heavy atom. The van der Waals surface area contributed by atoms with Gasteiger partial charge in [-0.05, 0) is 24.6 Å². The lowest BCUT2D eigenvalue weighted by molar-refractivity contribution is -0.114. The van der Waals surface area contributed by atoms with Crippen LogP contribution in [-0.4, -0.2) is 15.5 Å². The molecule has 4 nitrogen and oxygen atoms in total. The second kappa shape index (κ2) is 4.82. The SMILES string of the molecule is CC(=O)Nc1cccc(Cn2cncc2C)c1. The van der Waals surface area contributed by atoms with E-state index in [0.717, 1.165) is 23.5 Å². The third kappa shape index (κ3) is 2.93. The van der Waals surface area contributed by atoms with E-state index in [2.05, 4.69) is 14.9 Å². The number of carbonyl (C=O) groups excluding carboxylic acids is 1. The third-order valence-electron chi connectivity index (χ3n) is 2.52. The number of benzene rings is 1. The summed E-state index contributed by atoms with van der Waals surface area (Å²) in [5.74, 6) is -0.0547. The van der Waals surface area contributed by atoms with Crippen molar-refractivity contribution in [2.45, 2.75) is 20.4 Å². The molecule has 0 bridgehead atoms. The summed E-state index contributed by atoms with van der Waals surface area (Å²) in [7, 11) is 0. The lowest BCUT2D eigenvalue weighted by atomic mass is 10.2. The molecule has 0 radical (unpaired) electrons. The molecule has 1 aromatic carbocycles. The summed E-state index contributed by atoms with van der Waals surface area (Å²) < 4.78 is 2.06. The maximum atomic E-state index is 11.0. The molecule has 0 aliphatic heterocycles. The fourth-order valence-corrected chi connectivity index (χ4v) is 1.70. The van der Waals surface area contributed by atoms with Crippen LogP contribution in [0.1, 0.15) is 18.2 Å². The van der Waals surface area contributed by atoms with Gasteiger partial charge >= 0.3 is 0 Å². The van der Waals surface area contributed by atoms with Crippen molar-refractivity contribution in [3.05, 3.63) is 48.0 Å². The fraction of sp³-hybridized carbons (Fsp3) is 0.231. The second-order valence-corrected chi connectivity index (χ2v) is 4.04. The minimum absolute atomic E-state index is 0.0547. The molecule has 0 unspecified atom stereocenters. The van der Waals surface area contributed by atoms with Crippen LogP contribution in [0.4, 0.5) is 5.69 Å². The first kappa shape index (κ1) is 11.4. The van der Waals surface area contributed by atoms with Gasteiger partial charge in [0.05, 0.1) is 6.33 Å². The Kier molecular flexibility index (Phi) is 3.23. The molecular formula is C13H15N3O. The number of nitrogens with zero attached hydrogens (tertiary/aromatic N) is 2. The van der Waals surface area contributed by atoms with Crippen molar-refractivity contribution in [3.63, 3.8) is 0 Å². The average Bonchev–Trinajstić information content (AvgIpc) is 2.64. The summed E-state index contributed by atoms with van der Waals surface area (Å²) in [5.41, 5.74) is 3.08. The van der Waals surface area contributed by atoms with Gasteiger partial charge < -0.3 is 9.88 Å². The summed E-state index contributed by atoms with van der Waals surface area (Å²) >= 11 is 0. The van der Waals surface area contributed by atoms with Crippen molar-refractivity contribution in [3.8, 4) is 0 Å². The van der Waals surface area contributed by atoms with Crippen LogP contribution in [0.5, 0.6) is 0 Å². The highest BCUT2D eigenvalue weighted by Gasteiger charge is 2.00. The van der Waals surface area contributed by atoms with Crippen molar-refractivity contribution < 1.29 is 4.79 Å². The minimum Gasteiger partial charge on any atom is -0.330 e.